The Morgan fingerprint density at radius 2 is 1.16 bits per heavy atom. The highest BCUT2D eigenvalue weighted by Gasteiger charge is 2.28. The second-order valence-corrected chi connectivity index (χ2v) is 12.8. The number of benzene rings is 6. The summed E-state index contributed by atoms with van der Waals surface area (Å²) in [6.07, 6.45) is 6.78. The Hall–Kier alpha value is -5.25. The van der Waals surface area contributed by atoms with Gasteiger partial charge in [-0.3, -0.25) is 0 Å². The topological polar surface area (TPSA) is 8.17 Å². The zero-order valence-electron chi connectivity index (χ0n) is 24.7. The molecule has 7 aromatic rings. The maximum Gasteiger partial charge on any atom is 0.0622 e. The SMILES string of the molecule is C1=Cc2c(c3cc4c(cc3n2-c2cc(-c3ccccc3)cc(-c3ccccc3)c2)N(c2ccccc2)c2ccccc2S4)CC1. The fraction of sp³-hybridized carbons (Fsp3) is 0.0476. The van der Waals surface area contributed by atoms with Gasteiger partial charge in [0, 0.05) is 32.2 Å². The molecule has 2 aliphatic rings. The molecule has 9 rings (SSSR count). The number of hydrogen-bond acceptors (Lipinski definition) is 2. The molecule has 0 saturated carbocycles. The quantitative estimate of drug-likeness (QED) is 0.200. The van der Waals surface area contributed by atoms with E-state index in [1.54, 1.807) is 0 Å². The lowest BCUT2D eigenvalue weighted by molar-refractivity contribution is 0.968. The number of hydrogen-bond donors (Lipinski definition) is 0. The Morgan fingerprint density at radius 3 is 1.87 bits per heavy atom. The van der Waals surface area contributed by atoms with Crippen LogP contribution in [0.15, 0.2) is 161 Å². The number of para-hydroxylation sites is 2. The second-order valence-electron chi connectivity index (χ2n) is 11.7. The van der Waals surface area contributed by atoms with Crippen LogP contribution in [0.5, 0.6) is 0 Å². The molecule has 3 heteroatoms. The summed E-state index contributed by atoms with van der Waals surface area (Å²) in [7, 11) is 0. The Bertz CT molecular complexity index is 2170. The summed E-state index contributed by atoms with van der Waals surface area (Å²) in [5.41, 5.74) is 13.6. The van der Waals surface area contributed by atoms with Gasteiger partial charge in [0.05, 0.1) is 16.9 Å². The van der Waals surface area contributed by atoms with Gasteiger partial charge >= 0.3 is 0 Å². The van der Waals surface area contributed by atoms with Crippen molar-refractivity contribution >= 4 is 45.8 Å². The highest BCUT2D eigenvalue weighted by molar-refractivity contribution is 7.99. The summed E-state index contributed by atoms with van der Waals surface area (Å²) in [6.45, 7) is 0. The summed E-state index contributed by atoms with van der Waals surface area (Å²) >= 11 is 1.88. The number of fused-ring (bicyclic) bond motifs is 5. The van der Waals surface area contributed by atoms with Crippen LogP contribution in [0.25, 0.3) is 44.9 Å². The van der Waals surface area contributed by atoms with E-state index < -0.39 is 0 Å². The molecule has 214 valence electrons. The molecule has 1 aliphatic heterocycles. The van der Waals surface area contributed by atoms with E-state index in [9.17, 15) is 0 Å². The van der Waals surface area contributed by atoms with Crippen LogP contribution in [0.2, 0.25) is 0 Å². The van der Waals surface area contributed by atoms with Gasteiger partial charge in [-0.2, -0.15) is 0 Å². The normalized spacial score (nSPS) is 13.4. The molecule has 0 saturated heterocycles. The van der Waals surface area contributed by atoms with Crippen molar-refractivity contribution in [2.24, 2.45) is 0 Å². The van der Waals surface area contributed by atoms with E-state index in [2.05, 4.69) is 167 Å². The van der Waals surface area contributed by atoms with Crippen molar-refractivity contribution in [3.63, 3.8) is 0 Å². The molecule has 0 amide bonds. The second kappa shape index (κ2) is 10.7. The summed E-state index contributed by atoms with van der Waals surface area (Å²) in [5, 5.41) is 1.35. The van der Waals surface area contributed by atoms with Gasteiger partial charge in [0.2, 0.25) is 0 Å². The molecule has 0 radical (unpaired) electrons. The largest absolute Gasteiger partial charge is 0.309 e. The third-order valence-electron chi connectivity index (χ3n) is 9.00. The van der Waals surface area contributed by atoms with Crippen LogP contribution < -0.4 is 4.90 Å². The number of allylic oxidation sites excluding steroid dienone is 1. The average molecular weight is 595 g/mol. The van der Waals surface area contributed by atoms with Crippen molar-refractivity contribution in [2.45, 2.75) is 22.6 Å². The van der Waals surface area contributed by atoms with E-state index >= 15 is 0 Å². The van der Waals surface area contributed by atoms with E-state index in [1.165, 1.54) is 77.0 Å². The minimum absolute atomic E-state index is 1.04. The summed E-state index contributed by atoms with van der Waals surface area (Å²) in [5.74, 6) is 0. The third kappa shape index (κ3) is 4.43. The van der Waals surface area contributed by atoms with Crippen LogP contribution in [0.4, 0.5) is 17.1 Å². The molecular formula is C42H30N2S. The fourth-order valence-electron chi connectivity index (χ4n) is 6.95. The molecule has 0 bridgehead atoms. The van der Waals surface area contributed by atoms with Gasteiger partial charge in [-0.05, 0) is 101 Å². The third-order valence-corrected chi connectivity index (χ3v) is 10.1. The van der Waals surface area contributed by atoms with Gasteiger partial charge in [0.25, 0.3) is 0 Å². The van der Waals surface area contributed by atoms with Crippen molar-refractivity contribution in [2.75, 3.05) is 4.90 Å². The lowest BCUT2D eigenvalue weighted by Gasteiger charge is -2.33. The first-order valence-corrected chi connectivity index (χ1v) is 16.4. The van der Waals surface area contributed by atoms with Crippen molar-refractivity contribution < 1.29 is 0 Å². The number of aromatic nitrogens is 1. The maximum absolute atomic E-state index is 2.51. The van der Waals surface area contributed by atoms with Gasteiger partial charge in [-0.15, -0.1) is 0 Å². The number of rotatable bonds is 4. The molecule has 1 aliphatic carbocycles. The van der Waals surface area contributed by atoms with E-state index in [0.29, 0.717) is 0 Å². The number of aryl methyl sites for hydroxylation is 1. The van der Waals surface area contributed by atoms with Crippen LogP contribution in [0.3, 0.4) is 0 Å². The molecule has 0 fully saturated rings. The van der Waals surface area contributed by atoms with Gasteiger partial charge in [0.1, 0.15) is 0 Å². The van der Waals surface area contributed by atoms with E-state index in [4.69, 9.17) is 0 Å². The minimum Gasteiger partial charge on any atom is -0.309 e. The minimum atomic E-state index is 1.04. The zero-order chi connectivity index (χ0) is 29.7. The Morgan fingerprint density at radius 1 is 0.511 bits per heavy atom. The Labute approximate surface area is 267 Å². The predicted molar refractivity (Wildman–Crippen MR) is 190 cm³/mol. The summed E-state index contributed by atoms with van der Waals surface area (Å²) < 4.78 is 2.51. The van der Waals surface area contributed by atoms with Crippen LogP contribution in [0, 0.1) is 0 Å². The lowest BCUT2D eigenvalue weighted by Crippen LogP contribution is -2.14. The highest BCUT2D eigenvalue weighted by atomic mass is 32.2. The molecule has 1 aromatic heterocycles. The van der Waals surface area contributed by atoms with Crippen molar-refractivity contribution in [1.82, 2.24) is 4.57 Å². The molecule has 2 nitrogen and oxygen atoms in total. The fourth-order valence-corrected chi connectivity index (χ4v) is 8.03. The van der Waals surface area contributed by atoms with Gasteiger partial charge in [0.15, 0.2) is 0 Å². The first kappa shape index (κ1) is 26.2. The maximum atomic E-state index is 2.51. The summed E-state index contributed by atoms with van der Waals surface area (Å²) in [4.78, 5) is 5.01. The smallest absolute Gasteiger partial charge is 0.0622 e. The molecule has 0 unspecified atom stereocenters. The van der Waals surface area contributed by atoms with Crippen LogP contribution in [-0.4, -0.2) is 4.57 Å². The molecular weight excluding hydrogens is 565 g/mol. The zero-order valence-corrected chi connectivity index (χ0v) is 25.5. The van der Waals surface area contributed by atoms with Crippen molar-refractivity contribution in [3.05, 3.63) is 163 Å². The van der Waals surface area contributed by atoms with Crippen LogP contribution in [0.1, 0.15) is 17.7 Å². The standard InChI is InChI=1S/C42H30N2S/c1-4-14-29(15-5-1)31-24-32(30-16-6-2-7-17-30)26-34(25-31)44-37-21-11-10-20-35(37)36-27-42-40(28-39(36)44)43(33-18-8-3-9-19-33)38-22-12-13-23-41(38)45-42/h1-9,11-19,21-28H,10,20H2. The molecule has 0 N–H and O–H groups in total. The van der Waals surface area contributed by atoms with E-state index in [-0.39, 0.29) is 0 Å². The molecule has 2 heterocycles. The van der Waals surface area contributed by atoms with E-state index in [0.717, 1.165) is 12.8 Å². The summed E-state index contributed by atoms with van der Waals surface area (Å²) in [6, 6.07) is 53.0. The first-order chi connectivity index (χ1) is 22.3. The Balaban J connectivity index is 1.33. The average Bonchev–Trinajstić information content (AvgIpc) is 3.43. The lowest BCUT2D eigenvalue weighted by atomic mass is 9.97. The molecule has 45 heavy (non-hydrogen) atoms. The predicted octanol–water partition coefficient (Wildman–Crippen LogP) is 11.9. The van der Waals surface area contributed by atoms with E-state index in [1.807, 2.05) is 11.8 Å². The van der Waals surface area contributed by atoms with Crippen molar-refractivity contribution in [3.8, 4) is 27.9 Å². The van der Waals surface area contributed by atoms with Crippen LogP contribution in [-0.2, 0) is 6.42 Å². The monoisotopic (exact) mass is 594 g/mol. The van der Waals surface area contributed by atoms with Gasteiger partial charge < -0.3 is 9.47 Å². The van der Waals surface area contributed by atoms with Gasteiger partial charge in [-0.1, -0.05) is 109 Å². The molecule has 6 aromatic carbocycles. The number of anilines is 3. The molecule has 0 spiro atoms. The molecule has 0 atom stereocenters. The first-order valence-electron chi connectivity index (χ1n) is 15.6. The number of nitrogens with zero attached hydrogens (tertiary/aromatic N) is 2. The van der Waals surface area contributed by atoms with Crippen LogP contribution >= 0.6 is 11.8 Å². The highest BCUT2D eigenvalue weighted by Crippen LogP contribution is 2.53. The Kier molecular flexibility index (Phi) is 6.24. The van der Waals surface area contributed by atoms with Gasteiger partial charge in [-0.25, -0.2) is 0 Å². The van der Waals surface area contributed by atoms with Crippen molar-refractivity contribution in [1.29, 1.82) is 0 Å².